The number of aromatic hydroxyl groups is 1. The molecule has 1 aliphatic heterocycles. The number of amides is 1. The minimum atomic E-state index is -0.750. The van der Waals surface area contributed by atoms with Crippen LogP contribution in [0.4, 0.5) is 0 Å². The SMILES string of the molecule is CCCCOc1cccc(/C(O)=C2\C(=O)C(=O)N(CCN(C)C)C2c2ccc(O)cc2)c1. The Hall–Kier alpha value is -3.32. The Balaban J connectivity index is 2.05. The van der Waals surface area contributed by atoms with Crippen molar-refractivity contribution >= 4 is 17.4 Å². The van der Waals surface area contributed by atoms with Crippen molar-refractivity contribution in [3.8, 4) is 11.5 Å². The molecule has 2 aromatic carbocycles. The quantitative estimate of drug-likeness (QED) is 0.269. The van der Waals surface area contributed by atoms with Crippen LogP contribution in [0.3, 0.4) is 0 Å². The third kappa shape index (κ3) is 5.11. The van der Waals surface area contributed by atoms with Gasteiger partial charge in [-0.15, -0.1) is 0 Å². The number of benzene rings is 2. The summed E-state index contributed by atoms with van der Waals surface area (Å²) in [5, 5.41) is 20.8. The fraction of sp³-hybridized carbons (Fsp3) is 0.360. The highest BCUT2D eigenvalue weighted by Crippen LogP contribution is 2.40. The molecule has 1 aliphatic rings. The van der Waals surface area contributed by atoms with E-state index >= 15 is 0 Å². The van der Waals surface area contributed by atoms with Crippen LogP contribution >= 0.6 is 0 Å². The normalized spacial score (nSPS) is 17.9. The van der Waals surface area contributed by atoms with Crippen molar-refractivity contribution < 1.29 is 24.5 Å². The minimum Gasteiger partial charge on any atom is -0.508 e. The monoisotopic (exact) mass is 438 g/mol. The molecule has 170 valence electrons. The maximum Gasteiger partial charge on any atom is 0.295 e. The standard InChI is InChI=1S/C25H30N2O5/c1-4-5-15-32-20-8-6-7-18(16-20)23(29)21-22(17-9-11-19(28)12-10-17)27(14-13-26(2)3)25(31)24(21)30/h6-12,16,22,28-29H,4-5,13-15H2,1-3H3/b23-21+. The number of ketones is 1. The van der Waals surface area contributed by atoms with Gasteiger partial charge in [0.25, 0.3) is 11.7 Å². The van der Waals surface area contributed by atoms with Gasteiger partial charge in [-0.05, 0) is 50.3 Å². The summed E-state index contributed by atoms with van der Waals surface area (Å²) in [4.78, 5) is 29.3. The Bertz CT molecular complexity index is 998. The predicted octanol–water partition coefficient (Wildman–Crippen LogP) is 3.55. The molecule has 32 heavy (non-hydrogen) atoms. The third-order valence-electron chi connectivity index (χ3n) is 5.41. The van der Waals surface area contributed by atoms with Crippen molar-refractivity contribution in [3.05, 3.63) is 65.2 Å². The van der Waals surface area contributed by atoms with Gasteiger partial charge in [-0.1, -0.05) is 37.6 Å². The number of likely N-dealkylation sites (tertiary alicyclic amines) is 1. The summed E-state index contributed by atoms with van der Waals surface area (Å²) in [5.41, 5.74) is 1.08. The van der Waals surface area contributed by atoms with Gasteiger partial charge >= 0.3 is 0 Å². The van der Waals surface area contributed by atoms with Gasteiger partial charge in [-0.2, -0.15) is 0 Å². The Labute approximate surface area is 188 Å². The number of phenolic OH excluding ortho intramolecular Hbond substituents is 1. The van der Waals surface area contributed by atoms with Crippen molar-refractivity contribution in [2.45, 2.75) is 25.8 Å². The fourth-order valence-electron chi connectivity index (χ4n) is 3.64. The molecule has 0 spiro atoms. The second kappa shape index (κ2) is 10.3. The van der Waals surface area contributed by atoms with Crippen molar-refractivity contribution in [1.29, 1.82) is 0 Å². The molecule has 1 atom stereocenters. The topological polar surface area (TPSA) is 90.3 Å². The van der Waals surface area contributed by atoms with Crippen LogP contribution in [0.5, 0.6) is 11.5 Å². The summed E-state index contributed by atoms with van der Waals surface area (Å²) >= 11 is 0. The zero-order chi connectivity index (χ0) is 23.3. The van der Waals surface area contributed by atoms with Crippen molar-refractivity contribution in [2.24, 2.45) is 0 Å². The summed E-state index contributed by atoms with van der Waals surface area (Å²) < 4.78 is 5.73. The number of nitrogens with zero attached hydrogens (tertiary/aromatic N) is 2. The molecule has 0 radical (unpaired) electrons. The molecule has 1 saturated heterocycles. The van der Waals surface area contributed by atoms with Crippen LogP contribution in [0.2, 0.25) is 0 Å². The maximum absolute atomic E-state index is 13.0. The Morgan fingerprint density at radius 2 is 1.84 bits per heavy atom. The number of carbonyl (C=O) groups is 2. The average molecular weight is 439 g/mol. The molecular weight excluding hydrogens is 408 g/mol. The Morgan fingerprint density at radius 1 is 1.12 bits per heavy atom. The van der Waals surface area contributed by atoms with E-state index in [2.05, 4.69) is 6.92 Å². The number of aliphatic hydroxyl groups excluding tert-OH is 1. The lowest BCUT2D eigenvalue weighted by Gasteiger charge is -2.26. The van der Waals surface area contributed by atoms with Gasteiger partial charge in [-0.3, -0.25) is 9.59 Å². The van der Waals surface area contributed by atoms with Crippen LogP contribution in [0.1, 0.15) is 36.9 Å². The zero-order valence-electron chi connectivity index (χ0n) is 18.7. The highest BCUT2D eigenvalue weighted by molar-refractivity contribution is 6.46. The first-order valence-corrected chi connectivity index (χ1v) is 10.8. The fourth-order valence-corrected chi connectivity index (χ4v) is 3.64. The smallest absolute Gasteiger partial charge is 0.295 e. The van der Waals surface area contributed by atoms with Crippen LogP contribution in [0.25, 0.3) is 5.76 Å². The number of rotatable bonds is 9. The molecule has 7 nitrogen and oxygen atoms in total. The number of ether oxygens (including phenoxy) is 1. The number of phenols is 1. The first-order chi connectivity index (χ1) is 15.3. The number of hydrogen-bond acceptors (Lipinski definition) is 6. The Kier molecular flexibility index (Phi) is 7.53. The lowest BCUT2D eigenvalue weighted by Crippen LogP contribution is -2.35. The number of carbonyl (C=O) groups excluding carboxylic acids is 2. The van der Waals surface area contributed by atoms with E-state index in [1.807, 2.05) is 19.0 Å². The minimum absolute atomic E-state index is 0.0326. The summed E-state index contributed by atoms with van der Waals surface area (Å²) in [6.45, 7) is 3.51. The molecule has 7 heteroatoms. The average Bonchev–Trinajstić information content (AvgIpc) is 3.03. The highest BCUT2D eigenvalue weighted by Gasteiger charge is 2.45. The van der Waals surface area contributed by atoms with E-state index in [9.17, 15) is 19.8 Å². The summed E-state index contributed by atoms with van der Waals surface area (Å²) in [7, 11) is 3.77. The number of likely N-dealkylation sites (N-methyl/N-ethyl adjacent to an activating group) is 1. The van der Waals surface area contributed by atoms with Gasteiger partial charge in [0.2, 0.25) is 0 Å². The van der Waals surface area contributed by atoms with Crippen molar-refractivity contribution in [1.82, 2.24) is 9.80 Å². The molecule has 2 aromatic rings. The van der Waals surface area contributed by atoms with Gasteiger partial charge in [-0.25, -0.2) is 0 Å². The van der Waals surface area contributed by atoms with Crippen LogP contribution in [0.15, 0.2) is 54.1 Å². The van der Waals surface area contributed by atoms with Gasteiger partial charge in [0, 0.05) is 18.7 Å². The molecule has 1 heterocycles. The maximum atomic E-state index is 13.0. The molecular formula is C25H30N2O5. The predicted molar refractivity (Wildman–Crippen MR) is 123 cm³/mol. The molecule has 0 saturated carbocycles. The highest BCUT2D eigenvalue weighted by atomic mass is 16.5. The first-order valence-electron chi connectivity index (χ1n) is 10.8. The summed E-state index contributed by atoms with van der Waals surface area (Å²) in [6.07, 6.45) is 1.91. The molecule has 1 unspecified atom stereocenters. The number of Topliss-reactive ketones (excluding diaryl/α,β-unsaturated/α-hetero) is 1. The van der Waals surface area contributed by atoms with Gasteiger partial charge in [0.05, 0.1) is 18.2 Å². The third-order valence-corrected chi connectivity index (χ3v) is 5.41. The first kappa shape index (κ1) is 23.3. The van der Waals surface area contributed by atoms with Crippen LogP contribution in [-0.4, -0.2) is 65.5 Å². The molecule has 1 fully saturated rings. The van der Waals surface area contributed by atoms with E-state index in [0.29, 0.717) is 36.6 Å². The van der Waals surface area contributed by atoms with Gasteiger partial charge in [0.15, 0.2) is 0 Å². The van der Waals surface area contributed by atoms with Crippen LogP contribution in [-0.2, 0) is 9.59 Å². The molecule has 2 N–H and O–H groups in total. The molecule has 1 amide bonds. The molecule has 0 bridgehead atoms. The largest absolute Gasteiger partial charge is 0.508 e. The number of aliphatic hydroxyl groups is 1. The van der Waals surface area contributed by atoms with Crippen molar-refractivity contribution in [3.63, 3.8) is 0 Å². The van der Waals surface area contributed by atoms with E-state index < -0.39 is 17.7 Å². The second-order valence-electron chi connectivity index (χ2n) is 8.12. The number of unbranched alkanes of at least 4 members (excludes halogenated alkanes) is 1. The van der Waals surface area contributed by atoms with E-state index in [1.165, 1.54) is 17.0 Å². The van der Waals surface area contributed by atoms with Crippen LogP contribution in [0, 0.1) is 0 Å². The van der Waals surface area contributed by atoms with E-state index in [-0.39, 0.29) is 17.1 Å². The van der Waals surface area contributed by atoms with E-state index in [4.69, 9.17) is 4.74 Å². The lowest BCUT2D eigenvalue weighted by molar-refractivity contribution is -0.140. The van der Waals surface area contributed by atoms with E-state index in [0.717, 1.165) is 12.8 Å². The van der Waals surface area contributed by atoms with Crippen LogP contribution < -0.4 is 4.74 Å². The van der Waals surface area contributed by atoms with E-state index in [1.54, 1.807) is 36.4 Å². The molecule has 0 aromatic heterocycles. The Morgan fingerprint density at radius 3 is 2.50 bits per heavy atom. The van der Waals surface area contributed by atoms with Gasteiger partial charge in [0.1, 0.15) is 17.3 Å². The molecule has 3 rings (SSSR count). The summed E-state index contributed by atoms with van der Waals surface area (Å²) in [5.74, 6) is -0.949. The molecule has 0 aliphatic carbocycles. The number of hydrogen-bond donors (Lipinski definition) is 2. The summed E-state index contributed by atoms with van der Waals surface area (Å²) in [6, 6.07) is 12.5. The lowest BCUT2D eigenvalue weighted by atomic mass is 9.95. The second-order valence-corrected chi connectivity index (χ2v) is 8.12. The van der Waals surface area contributed by atoms with Gasteiger partial charge < -0.3 is 24.7 Å². The zero-order valence-corrected chi connectivity index (χ0v) is 18.7. The van der Waals surface area contributed by atoms with Crippen molar-refractivity contribution in [2.75, 3.05) is 33.8 Å².